The molecule has 9 heavy (non-hydrogen) atoms. The molecule has 0 aromatic heterocycles. The van der Waals surface area contributed by atoms with Gasteiger partial charge in [0.2, 0.25) is 0 Å². The lowest BCUT2D eigenvalue weighted by atomic mass is 10.2. The molecule has 1 heterocycles. The van der Waals surface area contributed by atoms with Crippen LogP contribution >= 0.6 is 0 Å². The third kappa shape index (κ3) is 1.72. The van der Waals surface area contributed by atoms with E-state index in [-0.39, 0.29) is 0 Å². The fraction of sp³-hybridized carbons (Fsp3) is 0.286. The van der Waals surface area contributed by atoms with E-state index in [1.54, 1.807) is 12.3 Å². The number of allylic oxidation sites excluding steroid dienone is 2. The average molecular weight is 122 g/mol. The largest absolute Gasteiger partial charge is 0.399 e. The van der Waals surface area contributed by atoms with Crippen molar-refractivity contribution in [2.75, 3.05) is 0 Å². The molecule has 0 saturated heterocycles. The lowest BCUT2D eigenvalue weighted by Gasteiger charge is -1.87. The van der Waals surface area contributed by atoms with Gasteiger partial charge in [-0.25, -0.2) is 0 Å². The zero-order valence-electron chi connectivity index (χ0n) is 5.46. The van der Waals surface area contributed by atoms with E-state index in [9.17, 15) is 0 Å². The summed E-state index contributed by atoms with van der Waals surface area (Å²) in [7, 11) is 0. The molecule has 0 aliphatic carbocycles. The molecule has 0 atom stereocenters. The Morgan fingerprint density at radius 3 is 3.22 bits per heavy atom. The molecule has 2 nitrogen and oxygen atoms in total. The highest BCUT2D eigenvalue weighted by molar-refractivity contribution is 5.84. The van der Waals surface area contributed by atoms with Gasteiger partial charge in [0.15, 0.2) is 0 Å². The van der Waals surface area contributed by atoms with E-state index in [4.69, 9.17) is 5.73 Å². The molecule has 0 aromatic carbocycles. The molecule has 0 spiro atoms. The van der Waals surface area contributed by atoms with Crippen LogP contribution in [0.25, 0.3) is 0 Å². The van der Waals surface area contributed by atoms with Crippen molar-refractivity contribution in [3.05, 3.63) is 24.0 Å². The number of nitrogens with two attached hydrogens (primary N) is 1. The topological polar surface area (TPSA) is 38.4 Å². The van der Waals surface area contributed by atoms with Crippen molar-refractivity contribution in [3.63, 3.8) is 0 Å². The van der Waals surface area contributed by atoms with Crippen LogP contribution < -0.4 is 5.73 Å². The van der Waals surface area contributed by atoms with Crippen LogP contribution in [0.3, 0.4) is 0 Å². The van der Waals surface area contributed by atoms with Crippen molar-refractivity contribution in [2.45, 2.75) is 13.3 Å². The first-order chi connectivity index (χ1) is 4.29. The van der Waals surface area contributed by atoms with Crippen molar-refractivity contribution in [1.82, 2.24) is 0 Å². The van der Waals surface area contributed by atoms with Gasteiger partial charge in [0.25, 0.3) is 0 Å². The van der Waals surface area contributed by atoms with E-state index < -0.39 is 0 Å². The Morgan fingerprint density at radius 2 is 2.44 bits per heavy atom. The molecule has 1 aliphatic heterocycles. The van der Waals surface area contributed by atoms with E-state index in [1.807, 2.05) is 13.0 Å². The summed E-state index contributed by atoms with van der Waals surface area (Å²) in [5.41, 5.74) is 7.40. The molecular formula is C7H10N2. The molecule has 48 valence electrons. The van der Waals surface area contributed by atoms with E-state index in [1.165, 1.54) is 0 Å². The zero-order valence-corrected chi connectivity index (χ0v) is 5.46. The van der Waals surface area contributed by atoms with Gasteiger partial charge < -0.3 is 5.73 Å². The van der Waals surface area contributed by atoms with Crippen molar-refractivity contribution >= 4 is 5.71 Å². The minimum atomic E-state index is 0.801. The van der Waals surface area contributed by atoms with Gasteiger partial charge in [-0.2, -0.15) is 0 Å². The molecule has 0 unspecified atom stereocenters. The van der Waals surface area contributed by atoms with Crippen LogP contribution in [0.15, 0.2) is 29.0 Å². The van der Waals surface area contributed by atoms with Gasteiger partial charge in [0.1, 0.15) is 0 Å². The number of aliphatic imine (C=N–C) groups is 1. The van der Waals surface area contributed by atoms with E-state index in [2.05, 4.69) is 4.99 Å². The van der Waals surface area contributed by atoms with Crippen LogP contribution in [-0.2, 0) is 0 Å². The maximum atomic E-state index is 5.50. The molecule has 1 rings (SSSR count). The van der Waals surface area contributed by atoms with Gasteiger partial charge >= 0.3 is 0 Å². The molecule has 2 heteroatoms. The fourth-order valence-corrected chi connectivity index (χ4v) is 0.637. The summed E-state index contributed by atoms with van der Waals surface area (Å²) in [6.07, 6.45) is 6.37. The summed E-state index contributed by atoms with van der Waals surface area (Å²) in [4.78, 5) is 4.08. The Labute approximate surface area is 54.8 Å². The second-order valence-corrected chi connectivity index (χ2v) is 2.09. The second-order valence-electron chi connectivity index (χ2n) is 2.09. The lowest BCUT2D eigenvalue weighted by Crippen LogP contribution is -1.92. The number of hydrogen-bond donors (Lipinski definition) is 1. The predicted molar refractivity (Wildman–Crippen MR) is 39.1 cm³/mol. The minimum absolute atomic E-state index is 0.801. The van der Waals surface area contributed by atoms with Crippen LogP contribution in [-0.4, -0.2) is 5.71 Å². The quantitative estimate of drug-likeness (QED) is 0.515. The van der Waals surface area contributed by atoms with Gasteiger partial charge in [-0.3, -0.25) is 4.99 Å². The predicted octanol–water partition coefficient (Wildman–Crippen LogP) is 1.21. The fourth-order valence-electron chi connectivity index (χ4n) is 0.637. The van der Waals surface area contributed by atoms with Crippen LogP contribution in [0.2, 0.25) is 0 Å². The Hall–Kier alpha value is -1.05. The van der Waals surface area contributed by atoms with Gasteiger partial charge in [-0.1, -0.05) is 6.08 Å². The first kappa shape index (κ1) is 6.08. The first-order valence-electron chi connectivity index (χ1n) is 2.94. The molecule has 0 amide bonds. The van der Waals surface area contributed by atoms with Crippen molar-refractivity contribution in [2.24, 2.45) is 10.7 Å². The highest BCUT2D eigenvalue weighted by Crippen LogP contribution is 1.99. The maximum Gasteiger partial charge on any atom is 0.0292 e. The Kier molecular flexibility index (Phi) is 1.68. The van der Waals surface area contributed by atoms with Crippen LogP contribution in [0.5, 0.6) is 0 Å². The van der Waals surface area contributed by atoms with Crippen molar-refractivity contribution < 1.29 is 0 Å². The lowest BCUT2D eigenvalue weighted by molar-refractivity contribution is 1.34. The summed E-state index contributed by atoms with van der Waals surface area (Å²) in [6.45, 7) is 1.99. The van der Waals surface area contributed by atoms with E-state index in [0.717, 1.165) is 17.8 Å². The van der Waals surface area contributed by atoms with Crippen molar-refractivity contribution in [3.8, 4) is 0 Å². The summed E-state index contributed by atoms with van der Waals surface area (Å²) < 4.78 is 0. The molecule has 0 fully saturated rings. The number of nitrogens with zero attached hydrogens (tertiary/aromatic N) is 1. The van der Waals surface area contributed by atoms with Crippen molar-refractivity contribution in [1.29, 1.82) is 0 Å². The zero-order chi connectivity index (χ0) is 6.69. The first-order valence-corrected chi connectivity index (χ1v) is 2.94. The summed E-state index contributed by atoms with van der Waals surface area (Å²) >= 11 is 0. The molecule has 0 aromatic rings. The molecular weight excluding hydrogens is 112 g/mol. The second kappa shape index (κ2) is 2.49. The van der Waals surface area contributed by atoms with Crippen LogP contribution in [0.1, 0.15) is 13.3 Å². The Balaban J connectivity index is 2.75. The monoisotopic (exact) mass is 122 g/mol. The normalized spacial score (nSPS) is 18.3. The highest BCUT2D eigenvalue weighted by Gasteiger charge is 1.90. The molecule has 0 radical (unpaired) electrons. The molecule has 0 saturated carbocycles. The third-order valence-electron chi connectivity index (χ3n) is 1.20. The molecule has 1 aliphatic rings. The third-order valence-corrected chi connectivity index (χ3v) is 1.20. The number of rotatable bonds is 0. The Bertz CT molecular complexity index is 184. The number of hydrogen-bond acceptors (Lipinski definition) is 2. The Morgan fingerprint density at radius 1 is 1.67 bits per heavy atom. The smallest absolute Gasteiger partial charge is 0.0292 e. The highest BCUT2D eigenvalue weighted by atomic mass is 14.7. The van der Waals surface area contributed by atoms with Crippen LogP contribution in [0, 0.1) is 0 Å². The van der Waals surface area contributed by atoms with Crippen LogP contribution in [0.4, 0.5) is 0 Å². The molecule has 2 N–H and O–H groups in total. The average Bonchev–Trinajstić information content (AvgIpc) is 1.97. The van der Waals surface area contributed by atoms with E-state index >= 15 is 0 Å². The minimum Gasteiger partial charge on any atom is -0.399 e. The SMILES string of the molecule is CC1=NC=CC(N)=CC1. The summed E-state index contributed by atoms with van der Waals surface area (Å²) in [5, 5.41) is 0. The summed E-state index contributed by atoms with van der Waals surface area (Å²) in [6, 6.07) is 0. The summed E-state index contributed by atoms with van der Waals surface area (Å²) in [5.74, 6) is 0. The van der Waals surface area contributed by atoms with E-state index in [0.29, 0.717) is 0 Å². The van der Waals surface area contributed by atoms with Gasteiger partial charge in [0, 0.05) is 24.0 Å². The van der Waals surface area contributed by atoms with Gasteiger partial charge in [-0.05, 0) is 13.0 Å². The standard InChI is InChI=1S/C7H10N2/c1-6-2-3-7(8)4-5-9-6/h3-5H,2,8H2,1H3. The maximum absolute atomic E-state index is 5.50. The van der Waals surface area contributed by atoms with Gasteiger partial charge in [0.05, 0.1) is 0 Å². The molecule has 0 bridgehead atoms. The van der Waals surface area contributed by atoms with Gasteiger partial charge in [-0.15, -0.1) is 0 Å².